The average molecular weight is 523 g/mol. The summed E-state index contributed by atoms with van der Waals surface area (Å²) >= 11 is 0. The monoisotopic (exact) mass is 522 g/mol. The van der Waals surface area contributed by atoms with Crippen LogP contribution >= 0.6 is 0 Å². The van der Waals surface area contributed by atoms with Crippen LogP contribution in [-0.4, -0.2) is 22.6 Å². The Morgan fingerprint density at radius 3 is 1.74 bits per heavy atom. The molecular formula is C35H46N4. The highest BCUT2D eigenvalue weighted by atomic mass is 14.8. The molecule has 0 saturated carbocycles. The van der Waals surface area contributed by atoms with Gasteiger partial charge < -0.3 is 4.98 Å². The van der Waals surface area contributed by atoms with Gasteiger partial charge in [0.05, 0.1) is 28.5 Å². The van der Waals surface area contributed by atoms with Crippen LogP contribution in [0.3, 0.4) is 0 Å². The van der Waals surface area contributed by atoms with Gasteiger partial charge in [0.25, 0.3) is 0 Å². The van der Waals surface area contributed by atoms with Crippen LogP contribution in [0.25, 0.3) is 6.08 Å². The number of aromatic nitrogens is 1. The molecule has 39 heavy (non-hydrogen) atoms. The van der Waals surface area contributed by atoms with E-state index in [1.54, 1.807) is 6.21 Å². The highest BCUT2D eigenvalue weighted by molar-refractivity contribution is 6.11. The van der Waals surface area contributed by atoms with Crippen LogP contribution in [0.4, 0.5) is 0 Å². The minimum atomic E-state index is 0.910. The Morgan fingerprint density at radius 2 is 1.15 bits per heavy atom. The van der Waals surface area contributed by atoms with Crippen LogP contribution in [0.2, 0.25) is 0 Å². The molecule has 1 N–H and O–H groups in total. The molecule has 0 radical (unpaired) electrons. The van der Waals surface area contributed by atoms with Crippen LogP contribution in [0.5, 0.6) is 0 Å². The fraction of sp³-hybridized carbons (Fsp3) is 0.457. The van der Waals surface area contributed by atoms with Gasteiger partial charge in [-0.2, -0.15) is 0 Å². The summed E-state index contributed by atoms with van der Waals surface area (Å²) < 4.78 is 0. The molecule has 0 aliphatic carbocycles. The maximum Gasteiger partial charge on any atom is 0.0659 e. The third kappa shape index (κ3) is 10.8. The van der Waals surface area contributed by atoms with Gasteiger partial charge >= 0.3 is 0 Å². The number of nitrogens with zero attached hydrogens (tertiary/aromatic N) is 3. The lowest BCUT2D eigenvalue weighted by Gasteiger charge is -2.03. The molecule has 3 aliphatic rings. The first kappa shape index (κ1) is 28.7. The van der Waals surface area contributed by atoms with E-state index in [9.17, 15) is 0 Å². The number of unbranched alkanes of at least 4 members (excludes halogenated alkanes) is 13. The third-order valence-electron chi connectivity index (χ3n) is 7.41. The molecule has 0 unspecified atom stereocenters. The van der Waals surface area contributed by atoms with E-state index in [-0.39, 0.29) is 0 Å². The zero-order chi connectivity index (χ0) is 27.0. The SMILES string of the molecule is CCCCCCCCCCCCCCCCc1ccc(C=C2C=CC(C=C3C=CC(C=C4C=CC=N4)=N3)=N2)[nH]1. The molecule has 0 fully saturated rings. The normalized spacial score (nSPS) is 18.9. The minimum absolute atomic E-state index is 0.910. The van der Waals surface area contributed by atoms with Crippen molar-refractivity contribution in [2.45, 2.75) is 103 Å². The molecule has 4 heteroatoms. The summed E-state index contributed by atoms with van der Waals surface area (Å²) in [5, 5.41) is 0. The molecule has 4 heterocycles. The number of rotatable bonds is 18. The molecule has 3 aliphatic heterocycles. The van der Waals surface area contributed by atoms with Gasteiger partial charge in [0.15, 0.2) is 0 Å². The van der Waals surface area contributed by atoms with Gasteiger partial charge in [0.1, 0.15) is 0 Å². The summed E-state index contributed by atoms with van der Waals surface area (Å²) in [7, 11) is 0. The van der Waals surface area contributed by atoms with Crippen molar-refractivity contribution in [3.63, 3.8) is 0 Å². The van der Waals surface area contributed by atoms with Crippen molar-refractivity contribution in [3.8, 4) is 0 Å². The number of aromatic amines is 1. The van der Waals surface area contributed by atoms with Crippen LogP contribution in [0, 0.1) is 0 Å². The van der Waals surface area contributed by atoms with Crippen molar-refractivity contribution < 1.29 is 0 Å². The lowest BCUT2D eigenvalue weighted by atomic mass is 10.0. The molecule has 0 aromatic carbocycles. The smallest absolute Gasteiger partial charge is 0.0659 e. The molecule has 0 bridgehead atoms. The van der Waals surface area contributed by atoms with E-state index in [4.69, 9.17) is 4.99 Å². The number of nitrogens with one attached hydrogen (secondary N) is 1. The third-order valence-corrected chi connectivity index (χ3v) is 7.41. The van der Waals surface area contributed by atoms with E-state index in [2.05, 4.69) is 46.2 Å². The minimum Gasteiger partial charge on any atom is -0.359 e. The number of allylic oxidation sites excluding steroid dienone is 8. The van der Waals surface area contributed by atoms with E-state index in [0.29, 0.717) is 0 Å². The zero-order valence-electron chi connectivity index (χ0n) is 23.9. The molecule has 4 nitrogen and oxygen atoms in total. The summed E-state index contributed by atoms with van der Waals surface area (Å²) in [5.74, 6) is 0. The lowest BCUT2D eigenvalue weighted by molar-refractivity contribution is 0.535. The van der Waals surface area contributed by atoms with Gasteiger partial charge in [-0.25, -0.2) is 9.98 Å². The van der Waals surface area contributed by atoms with Crippen LogP contribution in [0.1, 0.15) is 108 Å². The second-order valence-corrected chi connectivity index (χ2v) is 10.9. The highest BCUT2D eigenvalue weighted by Crippen LogP contribution is 2.19. The average Bonchev–Trinajstić information content (AvgIpc) is 3.75. The van der Waals surface area contributed by atoms with Gasteiger partial charge in [-0.1, -0.05) is 90.4 Å². The molecule has 0 spiro atoms. The van der Waals surface area contributed by atoms with Crippen molar-refractivity contribution in [1.82, 2.24) is 4.98 Å². The largest absolute Gasteiger partial charge is 0.359 e. The fourth-order valence-electron chi connectivity index (χ4n) is 5.17. The Hall–Kier alpha value is -3.27. The molecule has 1 aromatic rings. The second-order valence-electron chi connectivity index (χ2n) is 10.9. The Bertz CT molecular complexity index is 1180. The van der Waals surface area contributed by atoms with E-state index >= 15 is 0 Å². The summed E-state index contributed by atoms with van der Waals surface area (Å²) in [5.41, 5.74) is 7.08. The van der Waals surface area contributed by atoms with Crippen molar-refractivity contribution >= 4 is 23.7 Å². The van der Waals surface area contributed by atoms with E-state index in [1.165, 1.54) is 95.6 Å². The number of hydrogen-bond donors (Lipinski definition) is 1. The van der Waals surface area contributed by atoms with Crippen LogP contribution in [-0.2, 0) is 6.42 Å². The van der Waals surface area contributed by atoms with Gasteiger partial charge in [-0.3, -0.25) is 4.99 Å². The van der Waals surface area contributed by atoms with E-state index < -0.39 is 0 Å². The summed E-state index contributed by atoms with van der Waals surface area (Å²) in [6.07, 6.45) is 40.7. The molecule has 4 rings (SSSR count). The van der Waals surface area contributed by atoms with Crippen LogP contribution < -0.4 is 0 Å². The van der Waals surface area contributed by atoms with Gasteiger partial charge in [0.2, 0.25) is 0 Å². The molecule has 1 aromatic heterocycles. The van der Waals surface area contributed by atoms with Crippen molar-refractivity contribution in [2.24, 2.45) is 15.0 Å². The standard InChI is InChI=1S/C35H46N4/c1-2-3-4-5-6-7-8-9-10-11-12-13-14-15-17-29-19-20-32(37-29)27-33-23-24-35(39-33)28-34-22-21-31(38-34)26-30-18-16-25-36-30/h16,18-28,37H,2-15,17H2,1H3. The van der Waals surface area contributed by atoms with Crippen molar-refractivity contribution in [2.75, 3.05) is 0 Å². The predicted molar refractivity (Wildman–Crippen MR) is 170 cm³/mol. The first-order chi connectivity index (χ1) is 19.3. The highest BCUT2D eigenvalue weighted by Gasteiger charge is 2.08. The van der Waals surface area contributed by atoms with Crippen molar-refractivity contribution in [1.29, 1.82) is 0 Å². The van der Waals surface area contributed by atoms with E-state index in [0.717, 1.165) is 40.6 Å². The number of hydrogen-bond acceptors (Lipinski definition) is 3. The Kier molecular flexibility index (Phi) is 12.3. The maximum atomic E-state index is 4.74. The zero-order valence-corrected chi connectivity index (χ0v) is 23.9. The van der Waals surface area contributed by atoms with E-state index in [1.807, 2.05) is 42.5 Å². The molecule has 0 saturated heterocycles. The van der Waals surface area contributed by atoms with Gasteiger partial charge in [0, 0.05) is 17.6 Å². The molecule has 0 amide bonds. The maximum absolute atomic E-state index is 4.74. The Balaban J connectivity index is 1.08. The van der Waals surface area contributed by atoms with Gasteiger partial charge in [-0.15, -0.1) is 0 Å². The van der Waals surface area contributed by atoms with Crippen molar-refractivity contribution in [3.05, 3.63) is 89.2 Å². The summed E-state index contributed by atoms with van der Waals surface area (Å²) in [6, 6.07) is 4.38. The molecule has 206 valence electrons. The predicted octanol–water partition coefficient (Wildman–Crippen LogP) is 9.81. The number of H-pyrrole nitrogens is 1. The fourth-order valence-corrected chi connectivity index (χ4v) is 5.17. The van der Waals surface area contributed by atoms with Gasteiger partial charge in [-0.05, 0) is 79.7 Å². The second kappa shape index (κ2) is 16.6. The molecule has 0 atom stereocenters. The first-order valence-electron chi connectivity index (χ1n) is 15.4. The first-order valence-corrected chi connectivity index (χ1v) is 15.4. The topological polar surface area (TPSA) is 52.9 Å². The molecular weight excluding hydrogens is 476 g/mol. The Labute approximate surface area is 235 Å². The number of aryl methyl sites for hydroxylation is 1. The summed E-state index contributed by atoms with van der Waals surface area (Å²) in [4.78, 5) is 17.2. The quantitative estimate of drug-likeness (QED) is 0.187. The Morgan fingerprint density at radius 1 is 0.590 bits per heavy atom. The lowest BCUT2D eigenvalue weighted by Crippen LogP contribution is -1.87. The number of aliphatic imine (C=N–C) groups is 3. The summed E-state index contributed by atoms with van der Waals surface area (Å²) in [6.45, 7) is 2.29. The van der Waals surface area contributed by atoms with Crippen LogP contribution in [0.15, 0.2) is 92.8 Å².